The molecule has 0 amide bonds. The molecule has 4 atom stereocenters. The van der Waals surface area contributed by atoms with E-state index >= 15 is 0 Å². The Bertz CT molecular complexity index is 561. The zero-order valence-electron chi connectivity index (χ0n) is 13.2. The molecule has 20 heavy (non-hydrogen) atoms. The molecule has 2 bridgehead atoms. The maximum atomic E-state index is 10.6. The molecule has 2 nitrogen and oxygen atoms in total. The van der Waals surface area contributed by atoms with Crippen molar-refractivity contribution in [2.45, 2.75) is 59.5 Å². The van der Waals surface area contributed by atoms with Gasteiger partial charge >= 0.3 is 0 Å². The van der Waals surface area contributed by atoms with Crippen molar-refractivity contribution in [1.29, 1.82) is 0 Å². The van der Waals surface area contributed by atoms with Gasteiger partial charge in [0.1, 0.15) is 5.75 Å². The smallest absolute Gasteiger partial charge is 0.119 e. The van der Waals surface area contributed by atoms with Gasteiger partial charge < -0.3 is 10.2 Å². The molecule has 0 aromatic heterocycles. The average molecular weight is 274 g/mol. The Hall–Kier alpha value is -1.02. The maximum Gasteiger partial charge on any atom is 0.119 e. The summed E-state index contributed by atoms with van der Waals surface area (Å²) in [7, 11) is 0. The average Bonchev–Trinajstić information content (AvgIpc) is 2.66. The van der Waals surface area contributed by atoms with E-state index in [9.17, 15) is 10.2 Å². The highest BCUT2D eigenvalue weighted by Gasteiger charge is 2.66. The van der Waals surface area contributed by atoms with Crippen LogP contribution >= 0.6 is 0 Å². The zero-order chi connectivity index (χ0) is 14.9. The van der Waals surface area contributed by atoms with Crippen molar-refractivity contribution in [2.75, 3.05) is 0 Å². The summed E-state index contributed by atoms with van der Waals surface area (Å²) in [5.41, 5.74) is 3.46. The van der Waals surface area contributed by atoms with Crippen LogP contribution in [0, 0.1) is 30.6 Å². The van der Waals surface area contributed by atoms with Crippen molar-refractivity contribution in [3.63, 3.8) is 0 Å². The van der Waals surface area contributed by atoms with Crippen LogP contribution < -0.4 is 0 Å². The van der Waals surface area contributed by atoms with Crippen molar-refractivity contribution in [1.82, 2.24) is 0 Å². The Labute approximate surface area is 121 Å². The Morgan fingerprint density at radius 1 is 1.10 bits per heavy atom. The second kappa shape index (κ2) is 4.00. The summed E-state index contributed by atoms with van der Waals surface area (Å²) >= 11 is 0. The van der Waals surface area contributed by atoms with Gasteiger partial charge in [0.2, 0.25) is 0 Å². The summed E-state index contributed by atoms with van der Waals surface area (Å²) in [6.07, 6.45) is 1.73. The van der Waals surface area contributed by atoms with Crippen LogP contribution in [0.3, 0.4) is 0 Å². The van der Waals surface area contributed by atoms with Gasteiger partial charge in [0.15, 0.2) is 0 Å². The highest BCUT2D eigenvalue weighted by Crippen LogP contribution is 2.71. The summed E-state index contributed by atoms with van der Waals surface area (Å²) < 4.78 is 0. The third kappa shape index (κ3) is 1.43. The van der Waals surface area contributed by atoms with Gasteiger partial charge in [-0.05, 0) is 61.1 Å². The molecular formula is C18H26O2. The topological polar surface area (TPSA) is 40.5 Å². The van der Waals surface area contributed by atoms with Gasteiger partial charge in [-0.15, -0.1) is 0 Å². The van der Waals surface area contributed by atoms with Crippen LogP contribution in [-0.4, -0.2) is 16.3 Å². The third-order valence-corrected chi connectivity index (χ3v) is 6.96. The first-order valence-electron chi connectivity index (χ1n) is 7.68. The normalized spacial score (nSPS) is 38.4. The first kappa shape index (κ1) is 13.9. The standard InChI is InChI=1S/C18H26O2/c1-10-6-7-14(19)16(11(10)2)13-8-12-9-15(20)18(13,5)17(12,3)4/h6-7,12-13,15,19-20H,8-9H2,1-5H3/t12-,13?,15-,18+/m1/s1. The first-order valence-corrected chi connectivity index (χ1v) is 7.68. The van der Waals surface area contributed by atoms with Gasteiger partial charge in [0.05, 0.1) is 6.10 Å². The minimum atomic E-state index is -0.263. The van der Waals surface area contributed by atoms with E-state index in [0.717, 1.165) is 18.4 Å². The van der Waals surface area contributed by atoms with Crippen LogP contribution in [-0.2, 0) is 0 Å². The van der Waals surface area contributed by atoms with E-state index in [1.54, 1.807) is 0 Å². The number of aromatic hydroxyl groups is 1. The van der Waals surface area contributed by atoms with Crippen LogP contribution in [0.2, 0.25) is 0 Å². The predicted octanol–water partition coefficient (Wildman–Crippen LogP) is 3.91. The van der Waals surface area contributed by atoms with Crippen molar-refractivity contribution in [3.8, 4) is 5.75 Å². The van der Waals surface area contributed by atoms with Crippen molar-refractivity contribution < 1.29 is 10.2 Å². The molecular weight excluding hydrogens is 248 g/mol. The Balaban J connectivity index is 2.17. The van der Waals surface area contributed by atoms with E-state index in [1.807, 2.05) is 12.1 Å². The maximum absolute atomic E-state index is 10.6. The largest absolute Gasteiger partial charge is 0.508 e. The molecule has 0 saturated heterocycles. The molecule has 1 aromatic rings. The second-order valence-corrected chi connectivity index (χ2v) is 7.68. The van der Waals surface area contributed by atoms with E-state index in [-0.39, 0.29) is 22.9 Å². The SMILES string of the molecule is Cc1ccc(O)c(C2C[C@@H]3C[C@@H](O)[C@@]2(C)C3(C)C)c1C. The number of aliphatic hydroxyl groups is 1. The molecule has 0 heterocycles. The molecule has 1 aromatic carbocycles. The fourth-order valence-electron chi connectivity index (χ4n) is 4.96. The summed E-state index contributed by atoms with van der Waals surface area (Å²) in [6.45, 7) is 11.0. The second-order valence-electron chi connectivity index (χ2n) is 7.68. The number of phenols is 1. The predicted molar refractivity (Wildman–Crippen MR) is 80.9 cm³/mol. The number of phenolic OH excluding ortho intramolecular Hbond substituents is 1. The number of aliphatic hydroxyl groups excluding tert-OH is 1. The first-order chi connectivity index (χ1) is 9.21. The number of hydrogen-bond donors (Lipinski definition) is 2. The number of benzene rings is 1. The number of hydrogen-bond acceptors (Lipinski definition) is 2. The molecule has 2 N–H and O–H groups in total. The van der Waals surface area contributed by atoms with Gasteiger partial charge in [0.25, 0.3) is 0 Å². The lowest BCUT2D eigenvalue weighted by atomic mass is 9.63. The van der Waals surface area contributed by atoms with Crippen LogP contribution in [0.15, 0.2) is 12.1 Å². The molecule has 3 rings (SSSR count). The van der Waals surface area contributed by atoms with Crippen LogP contribution in [0.4, 0.5) is 0 Å². The molecule has 0 radical (unpaired) electrons. The van der Waals surface area contributed by atoms with Gasteiger partial charge in [-0.1, -0.05) is 26.8 Å². The van der Waals surface area contributed by atoms with Crippen LogP contribution in [0.1, 0.15) is 56.2 Å². The fraction of sp³-hybridized carbons (Fsp3) is 0.667. The molecule has 0 spiro atoms. The van der Waals surface area contributed by atoms with Gasteiger partial charge in [0, 0.05) is 11.0 Å². The van der Waals surface area contributed by atoms with Gasteiger partial charge in [-0.3, -0.25) is 0 Å². The molecule has 0 aliphatic heterocycles. The lowest BCUT2D eigenvalue weighted by Crippen LogP contribution is -2.40. The van der Waals surface area contributed by atoms with E-state index < -0.39 is 0 Å². The highest BCUT2D eigenvalue weighted by atomic mass is 16.3. The monoisotopic (exact) mass is 274 g/mol. The van der Waals surface area contributed by atoms with Crippen LogP contribution in [0.25, 0.3) is 0 Å². The van der Waals surface area contributed by atoms with Gasteiger partial charge in [-0.25, -0.2) is 0 Å². The van der Waals surface area contributed by atoms with Crippen molar-refractivity contribution in [2.24, 2.45) is 16.7 Å². The van der Waals surface area contributed by atoms with Crippen molar-refractivity contribution in [3.05, 3.63) is 28.8 Å². The molecule has 1 unspecified atom stereocenters. The lowest BCUT2D eigenvalue weighted by Gasteiger charge is -2.43. The van der Waals surface area contributed by atoms with E-state index in [1.165, 1.54) is 11.1 Å². The van der Waals surface area contributed by atoms with Crippen molar-refractivity contribution >= 4 is 0 Å². The Kier molecular flexibility index (Phi) is 2.79. The molecule has 2 heteroatoms. The summed E-state index contributed by atoms with van der Waals surface area (Å²) in [6, 6.07) is 3.79. The lowest BCUT2D eigenvalue weighted by molar-refractivity contribution is -0.00268. The van der Waals surface area contributed by atoms with E-state index in [0.29, 0.717) is 11.7 Å². The number of fused-ring (bicyclic) bond motifs is 2. The minimum absolute atomic E-state index is 0.125. The van der Waals surface area contributed by atoms with E-state index in [4.69, 9.17) is 0 Å². The van der Waals surface area contributed by atoms with Gasteiger partial charge in [-0.2, -0.15) is 0 Å². The molecule has 2 fully saturated rings. The number of aryl methyl sites for hydroxylation is 1. The zero-order valence-corrected chi connectivity index (χ0v) is 13.2. The molecule has 2 aliphatic carbocycles. The van der Waals surface area contributed by atoms with E-state index in [2.05, 4.69) is 34.6 Å². The molecule has 110 valence electrons. The highest BCUT2D eigenvalue weighted by molar-refractivity contribution is 5.48. The summed E-state index contributed by atoms with van der Waals surface area (Å²) in [4.78, 5) is 0. The molecule has 2 aliphatic rings. The Morgan fingerprint density at radius 2 is 1.75 bits per heavy atom. The molecule has 2 saturated carbocycles. The minimum Gasteiger partial charge on any atom is -0.508 e. The quantitative estimate of drug-likeness (QED) is 0.815. The Morgan fingerprint density at radius 3 is 2.30 bits per heavy atom. The number of rotatable bonds is 1. The third-order valence-electron chi connectivity index (χ3n) is 6.96. The fourth-order valence-corrected chi connectivity index (χ4v) is 4.96. The summed E-state index contributed by atoms with van der Waals surface area (Å²) in [5, 5.41) is 21.0. The van der Waals surface area contributed by atoms with Crippen LogP contribution in [0.5, 0.6) is 5.75 Å². The summed E-state index contributed by atoms with van der Waals surface area (Å²) in [5.74, 6) is 1.20.